The second-order valence-corrected chi connectivity index (χ2v) is 7.17. The Hall–Kier alpha value is -2.75. The zero-order chi connectivity index (χ0) is 19.9. The molecule has 0 spiro atoms. The van der Waals surface area contributed by atoms with Crippen LogP contribution in [0.5, 0.6) is 5.75 Å². The summed E-state index contributed by atoms with van der Waals surface area (Å²) in [5, 5.41) is 4.26. The van der Waals surface area contributed by atoms with Crippen LogP contribution in [0.2, 0.25) is 0 Å². The SMILES string of the molecule is CCCCNC(=O)C[C@H](c1ccc(OC)cc1)c1c[nH]c2c(CC)cccc12. The van der Waals surface area contributed by atoms with E-state index in [2.05, 4.69) is 60.7 Å². The van der Waals surface area contributed by atoms with Crippen LogP contribution in [0.3, 0.4) is 0 Å². The van der Waals surface area contributed by atoms with Gasteiger partial charge in [-0.2, -0.15) is 0 Å². The quantitative estimate of drug-likeness (QED) is 0.504. The molecule has 0 aliphatic rings. The minimum absolute atomic E-state index is 0.00612. The van der Waals surface area contributed by atoms with E-state index in [4.69, 9.17) is 4.74 Å². The molecule has 3 aromatic rings. The van der Waals surface area contributed by atoms with E-state index in [0.29, 0.717) is 6.42 Å². The number of hydrogen-bond acceptors (Lipinski definition) is 2. The molecule has 4 nitrogen and oxygen atoms in total. The minimum atomic E-state index is -0.00612. The molecule has 2 N–H and O–H groups in total. The number of ether oxygens (including phenoxy) is 1. The van der Waals surface area contributed by atoms with Crippen molar-refractivity contribution in [1.82, 2.24) is 10.3 Å². The van der Waals surface area contributed by atoms with Crippen LogP contribution in [0.15, 0.2) is 48.7 Å². The Balaban J connectivity index is 1.97. The molecule has 3 rings (SSSR count). The lowest BCUT2D eigenvalue weighted by molar-refractivity contribution is -0.121. The van der Waals surface area contributed by atoms with Gasteiger partial charge in [0.2, 0.25) is 5.91 Å². The number of hydrogen-bond donors (Lipinski definition) is 2. The van der Waals surface area contributed by atoms with Gasteiger partial charge in [-0.3, -0.25) is 4.79 Å². The fraction of sp³-hybridized carbons (Fsp3) is 0.375. The monoisotopic (exact) mass is 378 g/mol. The number of rotatable bonds is 9. The van der Waals surface area contributed by atoms with E-state index in [0.717, 1.165) is 37.1 Å². The number of carbonyl (C=O) groups is 1. The molecule has 1 heterocycles. The summed E-state index contributed by atoms with van der Waals surface area (Å²) >= 11 is 0. The van der Waals surface area contributed by atoms with Crippen molar-refractivity contribution in [1.29, 1.82) is 0 Å². The van der Waals surface area contributed by atoms with Crippen molar-refractivity contribution >= 4 is 16.8 Å². The molecule has 0 radical (unpaired) electrons. The standard InChI is InChI=1S/C24H30N2O2/c1-4-6-14-25-23(27)15-21(18-10-12-19(28-3)13-11-18)22-16-26-24-17(5-2)8-7-9-20(22)24/h7-13,16,21,26H,4-6,14-15H2,1-3H3,(H,25,27)/t21-/m1/s1. The van der Waals surface area contributed by atoms with E-state index in [9.17, 15) is 4.79 Å². The second-order valence-electron chi connectivity index (χ2n) is 7.17. The van der Waals surface area contributed by atoms with Crippen molar-refractivity contribution in [3.63, 3.8) is 0 Å². The molecular weight excluding hydrogens is 348 g/mol. The van der Waals surface area contributed by atoms with Crippen LogP contribution in [0.25, 0.3) is 10.9 Å². The summed E-state index contributed by atoms with van der Waals surface area (Å²) in [6, 6.07) is 14.4. The zero-order valence-corrected chi connectivity index (χ0v) is 17.0. The van der Waals surface area contributed by atoms with Crippen molar-refractivity contribution in [3.05, 3.63) is 65.4 Å². The molecule has 1 aromatic heterocycles. The molecular formula is C24H30N2O2. The Morgan fingerprint density at radius 2 is 1.93 bits per heavy atom. The van der Waals surface area contributed by atoms with Crippen LogP contribution in [-0.4, -0.2) is 24.5 Å². The summed E-state index contributed by atoms with van der Waals surface area (Å²) in [4.78, 5) is 16.1. The molecule has 0 unspecified atom stereocenters. The fourth-order valence-corrected chi connectivity index (χ4v) is 3.73. The number of amides is 1. The first-order valence-corrected chi connectivity index (χ1v) is 10.2. The lowest BCUT2D eigenvalue weighted by Gasteiger charge is -2.18. The van der Waals surface area contributed by atoms with E-state index in [-0.39, 0.29) is 11.8 Å². The average molecular weight is 379 g/mol. The van der Waals surface area contributed by atoms with Gasteiger partial charge in [0.15, 0.2) is 0 Å². The maximum atomic E-state index is 12.6. The van der Waals surface area contributed by atoms with Gasteiger partial charge in [0.05, 0.1) is 7.11 Å². The minimum Gasteiger partial charge on any atom is -0.497 e. The number of aromatic amines is 1. The number of unbranched alkanes of at least 4 members (excludes halogenated alkanes) is 1. The number of aryl methyl sites for hydroxylation is 1. The van der Waals surface area contributed by atoms with Crippen molar-refractivity contribution in [2.24, 2.45) is 0 Å². The van der Waals surface area contributed by atoms with E-state index >= 15 is 0 Å². The third kappa shape index (κ3) is 4.38. The van der Waals surface area contributed by atoms with Crippen molar-refractivity contribution in [3.8, 4) is 5.75 Å². The first-order chi connectivity index (χ1) is 13.7. The van der Waals surface area contributed by atoms with Crippen LogP contribution < -0.4 is 10.1 Å². The van der Waals surface area contributed by atoms with Gasteiger partial charge >= 0.3 is 0 Å². The number of H-pyrrole nitrogens is 1. The number of fused-ring (bicyclic) bond motifs is 1. The Kier molecular flexibility index (Phi) is 6.75. The summed E-state index contributed by atoms with van der Waals surface area (Å²) in [5.41, 5.74) is 4.75. The second kappa shape index (κ2) is 9.45. The number of aromatic nitrogens is 1. The van der Waals surface area contributed by atoms with Crippen molar-refractivity contribution in [2.45, 2.75) is 45.4 Å². The summed E-state index contributed by atoms with van der Waals surface area (Å²) in [6.07, 6.45) is 5.55. The number of benzene rings is 2. The van der Waals surface area contributed by atoms with Crippen molar-refractivity contribution in [2.75, 3.05) is 13.7 Å². The molecule has 0 aliphatic carbocycles. The highest BCUT2D eigenvalue weighted by Crippen LogP contribution is 2.35. The van der Waals surface area contributed by atoms with E-state index in [1.165, 1.54) is 22.0 Å². The van der Waals surface area contributed by atoms with E-state index in [1.54, 1.807) is 7.11 Å². The summed E-state index contributed by atoms with van der Waals surface area (Å²) < 4.78 is 5.30. The number of carbonyl (C=O) groups excluding carboxylic acids is 1. The largest absolute Gasteiger partial charge is 0.497 e. The topological polar surface area (TPSA) is 54.1 Å². The highest BCUT2D eigenvalue weighted by atomic mass is 16.5. The average Bonchev–Trinajstić information content (AvgIpc) is 3.16. The van der Waals surface area contributed by atoms with Crippen molar-refractivity contribution < 1.29 is 9.53 Å². The van der Waals surface area contributed by atoms with Gasteiger partial charge in [-0.25, -0.2) is 0 Å². The molecule has 0 saturated heterocycles. The molecule has 0 fully saturated rings. The van der Waals surface area contributed by atoms with Crippen LogP contribution in [0.1, 0.15) is 55.7 Å². The third-order valence-corrected chi connectivity index (χ3v) is 5.35. The first-order valence-electron chi connectivity index (χ1n) is 10.2. The Labute approximate surface area is 167 Å². The van der Waals surface area contributed by atoms with Gasteiger partial charge in [0.25, 0.3) is 0 Å². The summed E-state index contributed by atoms with van der Waals surface area (Å²) in [7, 11) is 1.67. The normalized spacial score (nSPS) is 12.1. The number of para-hydroxylation sites is 1. The molecule has 0 saturated carbocycles. The smallest absolute Gasteiger partial charge is 0.220 e. The first kappa shape index (κ1) is 20.0. The molecule has 1 atom stereocenters. The Morgan fingerprint density at radius 1 is 1.14 bits per heavy atom. The molecule has 4 heteroatoms. The van der Waals surface area contributed by atoms with Gasteiger partial charge in [0.1, 0.15) is 5.75 Å². The van der Waals surface area contributed by atoms with Gasteiger partial charge < -0.3 is 15.0 Å². The number of nitrogens with one attached hydrogen (secondary N) is 2. The Morgan fingerprint density at radius 3 is 2.61 bits per heavy atom. The lowest BCUT2D eigenvalue weighted by atomic mass is 9.87. The summed E-state index contributed by atoms with van der Waals surface area (Å²) in [6.45, 7) is 5.03. The lowest BCUT2D eigenvalue weighted by Crippen LogP contribution is -2.26. The van der Waals surface area contributed by atoms with Crippen LogP contribution >= 0.6 is 0 Å². The molecule has 0 bridgehead atoms. The van der Waals surface area contributed by atoms with E-state index in [1.807, 2.05) is 12.1 Å². The molecule has 1 amide bonds. The summed E-state index contributed by atoms with van der Waals surface area (Å²) in [5.74, 6) is 0.908. The van der Waals surface area contributed by atoms with Gasteiger partial charge in [-0.15, -0.1) is 0 Å². The van der Waals surface area contributed by atoms with Crippen LogP contribution in [-0.2, 0) is 11.2 Å². The fourth-order valence-electron chi connectivity index (χ4n) is 3.73. The van der Waals surface area contributed by atoms with Crippen LogP contribution in [0, 0.1) is 0 Å². The van der Waals surface area contributed by atoms with Crippen LogP contribution in [0.4, 0.5) is 0 Å². The van der Waals surface area contributed by atoms with E-state index < -0.39 is 0 Å². The Bertz CT molecular complexity index is 912. The molecule has 148 valence electrons. The molecule has 28 heavy (non-hydrogen) atoms. The predicted octanol–water partition coefficient (Wildman–Crippen LogP) is 5.18. The zero-order valence-electron chi connectivity index (χ0n) is 17.0. The highest BCUT2D eigenvalue weighted by Gasteiger charge is 2.22. The van der Waals surface area contributed by atoms with Gasteiger partial charge in [-0.1, -0.05) is 50.6 Å². The van der Waals surface area contributed by atoms with Gasteiger partial charge in [0, 0.05) is 36.0 Å². The highest BCUT2D eigenvalue weighted by molar-refractivity contribution is 5.88. The maximum absolute atomic E-state index is 12.6. The molecule has 2 aromatic carbocycles. The predicted molar refractivity (Wildman–Crippen MR) is 115 cm³/mol. The maximum Gasteiger partial charge on any atom is 0.220 e. The number of methoxy groups -OCH3 is 1. The van der Waals surface area contributed by atoms with Gasteiger partial charge in [-0.05, 0) is 41.7 Å². The third-order valence-electron chi connectivity index (χ3n) is 5.35. The molecule has 0 aliphatic heterocycles.